The van der Waals surface area contributed by atoms with Gasteiger partial charge < -0.3 is 4.42 Å². The molecule has 3 nitrogen and oxygen atoms in total. The third kappa shape index (κ3) is 5.64. The fraction of sp³-hybridized carbons (Fsp3) is 0.0556. The van der Waals surface area contributed by atoms with Crippen LogP contribution >= 0.6 is 0 Å². The Morgan fingerprint density at radius 2 is 0.933 bits per heavy atom. The number of alkyl halides is 6. The molecule has 0 bridgehead atoms. The van der Waals surface area contributed by atoms with Crippen molar-refractivity contribution < 1.29 is 30.8 Å². The van der Waals surface area contributed by atoms with E-state index in [1.54, 1.807) is 24.4 Å². The summed E-state index contributed by atoms with van der Waals surface area (Å²) >= 11 is 0. The molecule has 2 heterocycles. The number of fused-ring (bicyclic) bond motifs is 2. The first kappa shape index (κ1) is 28.3. The van der Waals surface area contributed by atoms with E-state index in [1.165, 1.54) is 12.1 Å². The first-order valence-corrected chi connectivity index (χ1v) is 13.8. The van der Waals surface area contributed by atoms with Gasteiger partial charge in [0.25, 0.3) is 0 Å². The van der Waals surface area contributed by atoms with Crippen LogP contribution in [-0.2, 0) is 12.4 Å². The van der Waals surface area contributed by atoms with Gasteiger partial charge in [-0.2, -0.15) is 31.3 Å². The zero-order chi connectivity index (χ0) is 31.3. The van der Waals surface area contributed by atoms with Gasteiger partial charge >= 0.3 is 12.4 Å². The highest BCUT2D eigenvalue weighted by Crippen LogP contribution is 2.39. The second-order valence-corrected chi connectivity index (χ2v) is 10.6. The van der Waals surface area contributed by atoms with Crippen molar-refractivity contribution in [2.45, 2.75) is 12.4 Å². The Morgan fingerprint density at radius 3 is 1.42 bits per heavy atom. The van der Waals surface area contributed by atoms with Gasteiger partial charge in [0, 0.05) is 11.8 Å². The third-order valence-electron chi connectivity index (χ3n) is 7.61. The lowest BCUT2D eigenvalue weighted by Gasteiger charge is -2.14. The molecule has 2 aromatic heterocycles. The van der Waals surface area contributed by atoms with Crippen molar-refractivity contribution in [2.75, 3.05) is 0 Å². The van der Waals surface area contributed by atoms with Gasteiger partial charge in [-0.3, -0.25) is 0 Å². The van der Waals surface area contributed by atoms with E-state index in [-0.39, 0.29) is 17.2 Å². The lowest BCUT2D eigenvalue weighted by Crippen LogP contribution is -2.11. The highest BCUT2D eigenvalue weighted by Gasteiger charge is 2.37. The molecule has 0 N–H and O–H groups in total. The van der Waals surface area contributed by atoms with Crippen LogP contribution < -0.4 is 0 Å². The van der Waals surface area contributed by atoms with Crippen molar-refractivity contribution in [3.8, 4) is 44.8 Å². The summed E-state index contributed by atoms with van der Waals surface area (Å²) in [5.41, 5.74) is 3.08. The van der Waals surface area contributed by atoms with Crippen LogP contribution in [0.5, 0.6) is 0 Å². The average molecular weight is 611 g/mol. The van der Waals surface area contributed by atoms with Crippen LogP contribution in [0.4, 0.5) is 26.3 Å². The molecule has 7 rings (SSSR count). The van der Waals surface area contributed by atoms with Crippen molar-refractivity contribution >= 4 is 22.0 Å². The molecule has 45 heavy (non-hydrogen) atoms. The minimum absolute atomic E-state index is 0.130. The Kier molecular flexibility index (Phi) is 6.69. The second kappa shape index (κ2) is 10.6. The van der Waals surface area contributed by atoms with Crippen molar-refractivity contribution in [2.24, 2.45) is 0 Å². The topological polar surface area (TPSA) is 38.9 Å². The van der Waals surface area contributed by atoms with Gasteiger partial charge in [-0.1, -0.05) is 60.7 Å². The van der Waals surface area contributed by atoms with E-state index in [0.29, 0.717) is 17.1 Å². The number of aromatic nitrogens is 2. The van der Waals surface area contributed by atoms with Crippen molar-refractivity contribution in [1.82, 2.24) is 9.97 Å². The molecule has 0 spiro atoms. The molecule has 0 saturated carbocycles. The molecule has 0 atom stereocenters. The molecule has 0 amide bonds. The van der Waals surface area contributed by atoms with Crippen LogP contribution in [0.1, 0.15) is 11.1 Å². The molecule has 7 aromatic rings. The predicted octanol–water partition coefficient (Wildman–Crippen LogP) is 11.1. The number of hydrogen-bond donors (Lipinski definition) is 0. The van der Waals surface area contributed by atoms with E-state index in [0.717, 1.165) is 50.7 Å². The monoisotopic (exact) mass is 610 g/mol. The van der Waals surface area contributed by atoms with E-state index >= 15 is 0 Å². The van der Waals surface area contributed by atoms with Crippen molar-refractivity contribution in [3.63, 3.8) is 0 Å². The molecule has 0 unspecified atom stereocenters. The van der Waals surface area contributed by atoms with E-state index < -0.39 is 23.5 Å². The lowest BCUT2D eigenvalue weighted by molar-refractivity contribution is -0.143. The predicted molar refractivity (Wildman–Crippen MR) is 161 cm³/mol. The number of oxazole rings is 1. The Bertz CT molecular complexity index is 2120. The van der Waals surface area contributed by atoms with Gasteiger partial charge in [0.1, 0.15) is 0 Å². The van der Waals surface area contributed by atoms with E-state index in [1.807, 2.05) is 60.7 Å². The van der Waals surface area contributed by atoms with Gasteiger partial charge in [-0.05, 0) is 98.8 Å². The van der Waals surface area contributed by atoms with Crippen LogP contribution in [0, 0.1) is 0 Å². The molecular formula is C36H20F6N2O. The van der Waals surface area contributed by atoms with Crippen LogP contribution in [0.25, 0.3) is 66.8 Å². The second-order valence-electron chi connectivity index (χ2n) is 10.6. The zero-order valence-electron chi connectivity index (χ0n) is 23.1. The Labute approximate surface area is 252 Å². The molecule has 9 heteroatoms. The van der Waals surface area contributed by atoms with Crippen LogP contribution in [0.15, 0.2) is 126 Å². The number of benzene rings is 5. The largest absolute Gasteiger partial charge is 0.434 e. The fourth-order valence-corrected chi connectivity index (χ4v) is 5.28. The summed E-state index contributed by atoms with van der Waals surface area (Å²) in [5.74, 6) is 0.496. The SMILES string of the molecule is FC(F)(F)c1cc(-c2ccc(-c3ccc4cc(-c5ccc(-c6nc7ncccc7o6)cc5)ccc4c3)cc2)cc(C(F)(F)F)c1. The van der Waals surface area contributed by atoms with Crippen molar-refractivity contribution in [3.05, 3.63) is 133 Å². The average Bonchev–Trinajstić information content (AvgIpc) is 3.48. The number of pyridine rings is 1. The summed E-state index contributed by atoms with van der Waals surface area (Å²) in [6.45, 7) is 0. The third-order valence-corrected chi connectivity index (χ3v) is 7.61. The van der Waals surface area contributed by atoms with E-state index in [9.17, 15) is 26.3 Å². The summed E-state index contributed by atoms with van der Waals surface area (Å²) in [4.78, 5) is 8.65. The molecule has 0 fully saturated rings. The maximum atomic E-state index is 13.3. The van der Waals surface area contributed by atoms with Crippen LogP contribution in [0.2, 0.25) is 0 Å². The summed E-state index contributed by atoms with van der Waals surface area (Å²) < 4.78 is 85.8. The quantitative estimate of drug-likeness (QED) is 0.186. The van der Waals surface area contributed by atoms with Gasteiger partial charge in [0.05, 0.1) is 11.1 Å². The van der Waals surface area contributed by atoms with E-state index in [2.05, 4.69) is 16.0 Å². The maximum Gasteiger partial charge on any atom is 0.416 e. The minimum atomic E-state index is -4.91. The van der Waals surface area contributed by atoms with Gasteiger partial charge in [0.15, 0.2) is 11.2 Å². The summed E-state index contributed by atoms with van der Waals surface area (Å²) in [6, 6.07) is 31.5. The molecule has 0 radical (unpaired) electrons. The summed E-state index contributed by atoms with van der Waals surface area (Å²) in [6.07, 6.45) is -8.15. The number of halogens is 6. The molecule has 5 aromatic carbocycles. The Balaban J connectivity index is 1.14. The van der Waals surface area contributed by atoms with Gasteiger partial charge in [0.2, 0.25) is 5.89 Å². The van der Waals surface area contributed by atoms with Gasteiger partial charge in [-0.15, -0.1) is 0 Å². The molecule has 0 aliphatic carbocycles. The number of rotatable bonds is 4. The molecule has 0 aliphatic heterocycles. The highest BCUT2D eigenvalue weighted by atomic mass is 19.4. The maximum absolute atomic E-state index is 13.3. The normalized spacial score (nSPS) is 12.2. The standard InChI is InChI=1S/C36H20F6N2O/c37-35(38,39)30-18-29(19-31(20-30)36(40,41)42)23-5-3-21(4-6-23)25-11-13-28-17-26(12-14-27(28)16-25)22-7-9-24(10-8-22)34-44-33-32(45-34)2-1-15-43-33/h1-20H. The highest BCUT2D eigenvalue weighted by molar-refractivity contribution is 5.91. The molecular weight excluding hydrogens is 590 g/mol. The number of hydrogen-bond acceptors (Lipinski definition) is 3. The zero-order valence-corrected chi connectivity index (χ0v) is 23.1. The van der Waals surface area contributed by atoms with E-state index in [4.69, 9.17) is 4.42 Å². The molecule has 222 valence electrons. The van der Waals surface area contributed by atoms with Crippen molar-refractivity contribution in [1.29, 1.82) is 0 Å². The number of nitrogens with zero attached hydrogens (tertiary/aromatic N) is 2. The van der Waals surface area contributed by atoms with Crippen LogP contribution in [-0.4, -0.2) is 9.97 Å². The molecule has 0 aliphatic rings. The minimum Gasteiger partial charge on any atom is -0.434 e. The molecule has 0 saturated heterocycles. The fourth-order valence-electron chi connectivity index (χ4n) is 5.28. The summed E-state index contributed by atoms with van der Waals surface area (Å²) in [7, 11) is 0. The van der Waals surface area contributed by atoms with Crippen LogP contribution in [0.3, 0.4) is 0 Å². The Morgan fingerprint density at radius 1 is 0.467 bits per heavy atom. The Hall–Kier alpha value is -5.44. The first-order valence-electron chi connectivity index (χ1n) is 13.8. The lowest BCUT2D eigenvalue weighted by atomic mass is 9.95. The summed E-state index contributed by atoms with van der Waals surface area (Å²) in [5, 5.41) is 1.98. The van der Waals surface area contributed by atoms with Gasteiger partial charge in [-0.25, -0.2) is 4.98 Å². The first-order chi connectivity index (χ1) is 21.5. The smallest absolute Gasteiger partial charge is 0.416 e.